The number of fused-ring (bicyclic) bond motifs is 1. The summed E-state index contributed by atoms with van der Waals surface area (Å²) in [5.41, 5.74) is 1.56. The molecule has 2 aromatic rings. The first-order valence-corrected chi connectivity index (χ1v) is 9.13. The molecule has 2 aromatic carbocycles. The molecule has 144 valence electrons. The maximum Gasteiger partial charge on any atom is 0.331 e. The van der Waals surface area contributed by atoms with Gasteiger partial charge in [0, 0.05) is 6.08 Å². The molecule has 0 bridgehead atoms. The molecule has 1 N–H and O–H groups in total. The molecule has 2 aliphatic heterocycles. The van der Waals surface area contributed by atoms with Crippen molar-refractivity contribution in [3.63, 3.8) is 0 Å². The summed E-state index contributed by atoms with van der Waals surface area (Å²) >= 11 is 0. The average Bonchev–Trinajstić information content (AvgIpc) is 3.23. The van der Waals surface area contributed by atoms with Gasteiger partial charge >= 0.3 is 11.9 Å². The van der Waals surface area contributed by atoms with E-state index >= 15 is 0 Å². The van der Waals surface area contributed by atoms with E-state index in [2.05, 4.69) is 0 Å². The van der Waals surface area contributed by atoms with Gasteiger partial charge in [-0.1, -0.05) is 60.7 Å². The summed E-state index contributed by atoms with van der Waals surface area (Å²) in [6.45, 7) is 0. The van der Waals surface area contributed by atoms with Gasteiger partial charge in [-0.05, 0) is 17.2 Å². The number of benzene rings is 2. The fraction of sp³-hybridized carbons (Fsp3) is 0.273. The Labute approximate surface area is 162 Å². The van der Waals surface area contributed by atoms with E-state index in [1.165, 1.54) is 6.08 Å². The van der Waals surface area contributed by atoms with Gasteiger partial charge in [-0.15, -0.1) is 0 Å². The van der Waals surface area contributed by atoms with Crippen LogP contribution in [0, 0.1) is 0 Å². The minimum atomic E-state index is -1.08. The SMILES string of the molecule is O=C(/C=C/c1ccccc1)O[C@H](c1ccccc1)[C@@H]1O[C@@H]2CC(=O)O[C@@H]2[C@@H]1O. The first-order valence-electron chi connectivity index (χ1n) is 9.13. The van der Waals surface area contributed by atoms with Gasteiger partial charge < -0.3 is 19.3 Å². The molecule has 28 heavy (non-hydrogen) atoms. The molecule has 0 amide bonds. The largest absolute Gasteiger partial charge is 0.457 e. The third-order valence-electron chi connectivity index (χ3n) is 4.89. The van der Waals surface area contributed by atoms with E-state index in [1.807, 2.05) is 48.5 Å². The molecule has 0 spiro atoms. The lowest BCUT2D eigenvalue weighted by Gasteiger charge is -2.26. The number of carbonyl (C=O) groups excluding carboxylic acids is 2. The van der Waals surface area contributed by atoms with Crippen LogP contribution in [0.3, 0.4) is 0 Å². The van der Waals surface area contributed by atoms with Crippen LogP contribution >= 0.6 is 0 Å². The Balaban J connectivity index is 1.53. The van der Waals surface area contributed by atoms with Gasteiger partial charge in [0.25, 0.3) is 0 Å². The number of carbonyl (C=O) groups is 2. The lowest BCUT2D eigenvalue weighted by molar-refractivity contribution is -0.159. The predicted molar refractivity (Wildman–Crippen MR) is 99.9 cm³/mol. The molecule has 2 saturated heterocycles. The van der Waals surface area contributed by atoms with Gasteiger partial charge in [-0.2, -0.15) is 0 Å². The van der Waals surface area contributed by atoms with E-state index in [0.29, 0.717) is 5.56 Å². The van der Waals surface area contributed by atoms with Gasteiger partial charge in [-0.25, -0.2) is 4.79 Å². The highest BCUT2D eigenvalue weighted by Gasteiger charge is 2.54. The van der Waals surface area contributed by atoms with Crippen molar-refractivity contribution in [1.82, 2.24) is 0 Å². The second kappa shape index (κ2) is 7.96. The Morgan fingerprint density at radius 2 is 1.79 bits per heavy atom. The van der Waals surface area contributed by atoms with Crippen LogP contribution in [0.25, 0.3) is 6.08 Å². The van der Waals surface area contributed by atoms with Gasteiger partial charge in [0.1, 0.15) is 18.3 Å². The predicted octanol–water partition coefficient (Wildman–Crippen LogP) is 2.43. The number of esters is 2. The Kier molecular flexibility index (Phi) is 5.23. The van der Waals surface area contributed by atoms with E-state index in [0.717, 1.165) is 5.56 Å². The zero-order chi connectivity index (χ0) is 19.5. The van der Waals surface area contributed by atoms with Crippen LogP contribution in [0.5, 0.6) is 0 Å². The maximum atomic E-state index is 12.4. The molecule has 0 saturated carbocycles. The van der Waals surface area contributed by atoms with Crippen molar-refractivity contribution in [2.45, 2.75) is 36.9 Å². The Bertz CT molecular complexity index is 863. The molecule has 4 rings (SSSR count). The summed E-state index contributed by atoms with van der Waals surface area (Å²) in [6, 6.07) is 18.5. The number of rotatable bonds is 5. The number of hydrogen-bond acceptors (Lipinski definition) is 6. The van der Waals surface area contributed by atoms with Gasteiger partial charge in [0.2, 0.25) is 0 Å². The van der Waals surface area contributed by atoms with E-state index in [4.69, 9.17) is 14.2 Å². The van der Waals surface area contributed by atoms with E-state index < -0.39 is 42.5 Å². The number of aliphatic hydroxyl groups excluding tert-OH is 1. The van der Waals surface area contributed by atoms with Gasteiger partial charge in [0.05, 0.1) is 6.42 Å². The Morgan fingerprint density at radius 1 is 1.11 bits per heavy atom. The normalized spacial score (nSPS) is 27.4. The van der Waals surface area contributed by atoms with Gasteiger partial charge in [0.15, 0.2) is 12.2 Å². The number of aliphatic hydroxyl groups is 1. The molecule has 0 aromatic heterocycles. The van der Waals surface area contributed by atoms with Crippen molar-refractivity contribution in [2.24, 2.45) is 0 Å². The van der Waals surface area contributed by atoms with E-state index in [-0.39, 0.29) is 6.42 Å². The average molecular weight is 380 g/mol. The monoisotopic (exact) mass is 380 g/mol. The molecular weight excluding hydrogens is 360 g/mol. The molecule has 2 fully saturated rings. The van der Waals surface area contributed by atoms with E-state index in [1.54, 1.807) is 18.2 Å². The topological polar surface area (TPSA) is 82.1 Å². The van der Waals surface area contributed by atoms with Crippen molar-refractivity contribution in [1.29, 1.82) is 0 Å². The summed E-state index contributed by atoms with van der Waals surface area (Å²) in [5, 5.41) is 10.6. The molecule has 0 unspecified atom stereocenters. The first-order chi connectivity index (χ1) is 13.6. The lowest BCUT2D eigenvalue weighted by atomic mass is 9.98. The third-order valence-corrected chi connectivity index (χ3v) is 4.89. The summed E-state index contributed by atoms with van der Waals surface area (Å²) in [7, 11) is 0. The zero-order valence-electron chi connectivity index (χ0n) is 15.0. The van der Waals surface area contributed by atoms with Crippen LogP contribution in [0.1, 0.15) is 23.7 Å². The van der Waals surface area contributed by atoms with E-state index in [9.17, 15) is 14.7 Å². The fourth-order valence-electron chi connectivity index (χ4n) is 3.55. The smallest absolute Gasteiger partial charge is 0.331 e. The standard InChI is InChI=1S/C22H20O6/c23-17(12-11-14-7-3-1-4-8-14)27-20(15-9-5-2-6-10-15)22-19(25)21-16(26-22)13-18(24)28-21/h1-12,16,19-22,25H,13H2/b12-11+/t16-,19+,20-,21+,22-/m1/s1. The summed E-state index contributed by atoms with van der Waals surface area (Å²) in [6.07, 6.45) is -0.901. The van der Waals surface area contributed by atoms with Crippen molar-refractivity contribution in [3.8, 4) is 0 Å². The minimum absolute atomic E-state index is 0.0849. The fourth-order valence-corrected chi connectivity index (χ4v) is 3.55. The highest BCUT2D eigenvalue weighted by Crippen LogP contribution is 2.38. The van der Waals surface area contributed by atoms with Crippen LogP contribution in [-0.4, -0.2) is 41.5 Å². The molecule has 2 heterocycles. The quantitative estimate of drug-likeness (QED) is 0.634. The van der Waals surface area contributed by atoms with Crippen molar-refractivity contribution in [3.05, 3.63) is 77.9 Å². The van der Waals surface area contributed by atoms with Crippen LogP contribution in [-0.2, 0) is 23.8 Å². The molecule has 0 radical (unpaired) electrons. The van der Waals surface area contributed by atoms with Crippen molar-refractivity contribution < 1.29 is 28.9 Å². The van der Waals surface area contributed by atoms with Crippen molar-refractivity contribution >= 4 is 18.0 Å². The molecule has 0 aliphatic carbocycles. The highest BCUT2D eigenvalue weighted by atomic mass is 16.6. The maximum absolute atomic E-state index is 12.4. The van der Waals surface area contributed by atoms with Crippen LogP contribution < -0.4 is 0 Å². The summed E-state index contributed by atoms with van der Waals surface area (Å²) in [5.74, 6) is -0.950. The van der Waals surface area contributed by atoms with Gasteiger partial charge in [-0.3, -0.25) is 4.79 Å². The first kappa shape index (κ1) is 18.4. The minimum Gasteiger partial charge on any atom is -0.457 e. The molecule has 5 atom stereocenters. The molecule has 6 heteroatoms. The summed E-state index contributed by atoms with van der Waals surface area (Å²) in [4.78, 5) is 23.9. The molecular formula is C22H20O6. The number of hydrogen-bond donors (Lipinski definition) is 1. The third kappa shape index (κ3) is 3.83. The second-order valence-corrected chi connectivity index (χ2v) is 6.80. The Hall–Kier alpha value is -2.96. The summed E-state index contributed by atoms with van der Waals surface area (Å²) < 4.78 is 16.7. The van der Waals surface area contributed by atoms with Crippen LogP contribution in [0.2, 0.25) is 0 Å². The molecule has 6 nitrogen and oxygen atoms in total. The Morgan fingerprint density at radius 3 is 2.46 bits per heavy atom. The van der Waals surface area contributed by atoms with Crippen LogP contribution in [0.15, 0.2) is 66.7 Å². The van der Waals surface area contributed by atoms with Crippen molar-refractivity contribution in [2.75, 3.05) is 0 Å². The second-order valence-electron chi connectivity index (χ2n) is 6.80. The zero-order valence-corrected chi connectivity index (χ0v) is 15.0. The van der Waals surface area contributed by atoms with Crippen LogP contribution in [0.4, 0.5) is 0 Å². The number of ether oxygens (including phenoxy) is 3. The lowest BCUT2D eigenvalue weighted by Crippen LogP contribution is -2.37. The molecule has 2 aliphatic rings. The highest BCUT2D eigenvalue weighted by molar-refractivity contribution is 5.87.